The number of anilines is 1. The Morgan fingerprint density at radius 3 is 2.50 bits per heavy atom. The molecule has 2 amide bonds. The van der Waals surface area contributed by atoms with Gasteiger partial charge in [-0.15, -0.1) is 0 Å². The van der Waals surface area contributed by atoms with Gasteiger partial charge in [0.2, 0.25) is 0 Å². The molecule has 0 saturated carbocycles. The van der Waals surface area contributed by atoms with Gasteiger partial charge in [-0.2, -0.15) is 4.99 Å². The molecule has 0 bridgehead atoms. The number of methoxy groups -OCH3 is 1. The Balaban J connectivity index is 3.07. The number of carbonyl (C=O) groups excluding carboxylic acids is 3. The van der Waals surface area contributed by atoms with E-state index in [1.165, 1.54) is 0 Å². The van der Waals surface area contributed by atoms with Gasteiger partial charge < -0.3 is 19.5 Å². The molecule has 1 aromatic rings. The highest BCUT2D eigenvalue weighted by atomic mass is 35.5. The van der Waals surface area contributed by atoms with E-state index in [-0.39, 0.29) is 28.8 Å². The highest BCUT2D eigenvalue weighted by molar-refractivity contribution is 6.39. The van der Waals surface area contributed by atoms with Crippen LogP contribution in [0.25, 0.3) is 0 Å². The second kappa shape index (κ2) is 9.71. The number of aliphatic imine (C=N–C) groups is 1. The zero-order valence-electron chi connectivity index (χ0n) is 14.6. The Morgan fingerprint density at radius 2 is 1.96 bits per heavy atom. The lowest BCUT2D eigenvalue weighted by Gasteiger charge is -2.11. The van der Waals surface area contributed by atoms with Crippen molar-refractivity contribution in [3.63, 3.8) is 0 Å². The number of hydrogen-bond donors (Lipinski definition) is 1. The number of ether oxygens (including phenoxy) is 3. The Kier molecular flexibility index (Phi) is 7.98. The lowest BCUT2D eigenvalue weighted by molar-refractivity contribution is -0.135. The molecule has 8 nitrogen and oxygen atoms in total. The Morgan fingerprint density at radius 1 is 1.31 bits per heavy atom. The normalized spacial score (nSPS) is 11.1. The van der Waals surface area contributed by atoms with Crippen molar-refractivity contribution in [2.45, 2.75) is 20.8 Å². The third-order valence-corrected chi connectivity index (χ3v) is 3.17. The summed E-state index contributed by atoms with van der Waals surface area (Å²) in [4.78, 5) is 38.6. The Hall–Kier alpha value is -2.68. The zero-order chi connectivity index (χ0) is 19.9. The summed E-state index contributed by atoms with van der Waals surface area (Å²) in [6.45, 7) is 5.02. The molecule has 0 saturated heterocycles. The van der Waals surface area contributed by atoms with Crippen molar-refractivity contribution >= 4 is 41.2 Å². The Labute approximate surface area is 154 Å². The second-order valence-corrected chi connectivity index (χ2v) is 5.53. The van der Waals surface area contributed by atoms with Gasteiger partial charge in [-0.3, -0.25) is 0 Å². The second-order valence-electron chi connectivity index (χ2n) is 5.12. The van der Waals surface area contributed by atoms with Gasteiger partial charge in [0.25, 0.3) is 0 Å². The number of halogens is 2. The van der Waals surface area contributed by atoms with E-state index in [9.17, 15) is 18.8 Å². The van der Waals surface area contributed by atoms with E-state index in [0.29, 0.717) is 0 Å². The van der Waals surface area contributed by atoms with Gasteiger partial charge in [0.1, 0.15) is 11.5 Å². The van der Waals surface area contributed by atoms with Crippen LogP contribution >= 0.6 is 11.6 Å². The maximum Gasteiger partial charge on any atom is 0.513 e. The van der Waals surface area contributed by atoms with Gasteiger partial charge in [0.05, 0.1) is 24.4 Å². The van der Waals surface area contributed by atoms with Gasteiger partial charge >= 0.3 is 18.2 Å². The maximum atomic E-state index is 14.0. The van der Waals surface area contributed by atoms with Crippen LogP contribution in [0.3, 0.4) is 0 Å². The van der Waals surface area contributed by atoms with Gasteiger partial charge in [-0.05, 0) is 13.0 Å². The molecule has 0 spiro atoms. The minimum absolute atomic E-state index is 0.117. The van der Waals surface area contributed by atoms with E-state index in [2.05, 4.69) is 15.0 Å². The standard InChI is InChI=1S/C16H18ClFN2O6/c1-5-25-14(21)13(8(2)3)20-15(22)19-11-7-12(26-16(23)24-4)9(17)6-10(11)18/h6-8H,5H2,1-4H3,(H,19,22). The number of carbonyl (C=O) groups is 3. The number of nitrogens with one attached hydrogen (secondary N) is 1. The maximum absolute atomic E-state index is 14.0. The van der Waals surface area contributed by atoms with Gasteiger partial charge in [0.15, 0.2) is 5.75 Å². The smallest absolute Gasteiger partial charge is 0.461 e. The van der Waals surface area contributed by atoms with Crippen molar-refractivity contribution in [1.82, 2.24) is 0 Å². The molecular formula is C16H18ClFN2O6. The summed E-state index contributed by atoms with van der Waals surface area (Å²) in [7, 11) is 1.08. The minimum atomic E-state index is -1.07. The predicted octanol–water partition coefficient (Wildman–Crippen LogP) is 3.82. The molecule has 10 heteroatoms. The summed E-state index contributed by atoms with van der Waals surface area (Å²) in [5.74, 6) is -2.26. The molecule has 0 radical (unpaired) electrons. The number of benzene rings is 1. The molecule has 0 aliphatic carbocycles. The van der Waals surface area contributed by atoms with E-state index in [4.69, 9.17) is 21.1 Å². The van der Waals surface area contributed by atoms with Crippen molar-refractivity contribution in [3.8, 4) is 5.75 Å². The molecule has 1 N–H and O–H groups in total. The van der Waals surface area contributed by atoms with E-state index < -0.39 is 29.9 Å². The summed E-state index contributed by atoms with van der Waals surface area (Å²) in [6.07, 6.45) is -1.07. The van der Waals surface area contributed by atoms with Gasteiger partial charge in [-0.1, -0.05) is 25.4 Å². The zero-order valence-corrected chi connectivity index (χ0v) is 15.3. The molecule has 1 aromatic carbocycles. The number of urea groups is 1. The predicted molar refractivity (Wildman–Crippen MR) is 92.4 cm³/mol. The third kappa shape index (κ3) is 5.99. The van der Waals surface area contributed by atoms with Crippen LogP contribution in [0.2, 0.25) is 5.02 Å². The average Bonchev–Trinajstić information content (AvgIpc) is 2.56. The van der Waals surface area contributed by atoms with Crippen LogP contribution in [0.4, 0.5) is 19.7 Å². The molecule has 0 aromatic heterocycles. The van der Waals surface area contributed by atoms with E-state index in [1.807, 2.05) is 0 Å². The minimum Gasteiger partial charge on any atom is -0.461 e. The van der Waals surface area contributed by atoms with Crippen LogP contribution in [0.15, 0.2) is 17.1 Å². The van der Waals surface area contributed by atoms with Gasteiger partial charge in [0, 0.05) is 12.0 Å². The molecule has 0 fully saturated rings. The number of esters is 1. The summed E-state index contributed by atoms with van der Waals surface area (Å²) in [6, 6.07) is 0.821. The van der Waals surface area contributed by atoms with E-state index in [0.717, 1.165) is 19.2 Å². The third-order valence-electron chi connectivity index (χ3n) is 2.88. The van der Waals surface area contributed by atoms with Crippen LogP contribution in [0.5, 0.6) is 5.75 Å². The summed E-state index contributed by atoms with van der Waals surface area (Å²) in [5, 5.41) is 1.95. The fraction of sp³-hybridized carbons (Fsp3) is 0.375. The molecule has 26 heavy (non-hydrogen) atoms. The average molecular weight is 389 g/mol. The fourth-order valence-electron chi connectivity index (χ4n) is 1.70. The van der Waals surface area contributed by atoms with E-state index >= 15 is 0 Å². The first-order valence-electron chi connectivity index (χ1n) is 7.51. The van der Waals surface area contributed by atoms with Crippen molar-refractivity contribution in [1.29, 1.82) is 0 Å². The first-order chi connectivity index (χ1) is 12.2. The molecule has 0 atom stereocenters. The van der Waals surface area contributed by atoms with Crippen LogP contribution in [0.1, 0.15) is 20.8 Å². The van der Waals surface area contributed by atoms with Crippen molar-refractivity contribution in [3.05, 3.63) is 23.0 Å². The van der Waals surface area contributed by atoms with Crippen LogP contribution in [-0.4, -0.2) is 37.6 Å². The van der Waals surface area contributed by atoms with Crippen LogP contribution < -0.4 is 10.1 Å². The molecule has 0 heterocycles. The number of amides is 2. The molecule has 142 valence electrons. The fourth-order valence-corrected chi connectivity index (χ4v) is 1.89. The van der Waals surface area contributed by atoms with Crippen molar-refractivity contribution in [2.75, 3.05) is 19.0 Å². The topological polar surface area (TPSA) is 103 Å². The highest BCUT2D eigenvalue weighted by Gasteiger charge is 2.20. The number of nitrogens with zero attached hydrogens (tertiary/aromatic N) is 1. The number of rotatable bonds is 5. The monoisotopic (exact) mass is 388 g/mol. The molecular weight excluding hydrogens is 371 g/mol. The summed E-state index contributed by atoms with van der Waals surface area (Å²) in [5.41, 5.74) is -0.473. The quantitative estimate of drug-likeness (QED) is 0.467. The van der Waals surface area contributed by atoms with E-state index in [1.54, 1.807) is 20.8 Å². The first kappa shape index (κ1) is 21.4. The number of hydrogen-bond acceptors (Lipinski definition) is 6. The first-order valence-corrected chi connectivity index (χ1v) is 7.88. The molecule has 0 aliphatic heterocycles. The summed E-state index contributed by atoms with van der Waals surface area (Å²) < 4.78 is 27.8. The van der Waals surface area contributed by atoms with Crippen molar-refractivity contribution < 1.29 is 33.0 Å². The van der Waals surface area contributed by atoms with Crippen LogP contribution in [0, 0.1) is 11.7 Å². The van der Waals surface area contributed by atoms with Crippen LogP contribution in [-0.2, 0) is 14.3 Å². The lowest BCUT2D eigenvalue weighted by Crippen LogP contribution is -2.25. The lowest BCUT2D eigenvalue weighted by atomic mass is 10.1. The van der Waals surface area contributed by atoms with Crippen molar-refractivity contribution in [2.24, 2.45) is 10.9 Å². The largest absolute Gasteiger partial charge is 0.513 e. The highest BCUT2D eigenvalue weighted by Crippen LogP contribution is 2.31. The molecule has 1 rings (SSSR count). The summed E-state index contributed by atoms with van der Waals surface area (Å²) >= 11 is 5.77. The molecule has 0 aliphatic rings. The van der Waals surface area contributed by atoms with Gasteiger partial charge in [-0.25, -0.2) is 18.8 Å². The SMILES string of the molecule is CCOC(=O)C(=NC(=O)Nc1cc(OC(=O)OC)c(Cl)cc1F)C(C)C. The Bertz CT molecular complexity index is 736. The molecule has 0 unspecified atom stereocenters.